The van der Waals surface area contributed by atoms with Gasteiger partial charge in [0.15, 0.2) is 0 Å². The number of carbonyl (C=O) groups is 1. The summed E-state index contributed by atoms with van der Waals surface area (Å²) in [4.78, 5) is 12.9. The normalized spacial score (nSPS) is 18.6. The molecule has 1 saturated heterocycles. The fourth-order valence-corrected chi connectivity index (χ4v) is 2.14. The van der Waals surface area contributed by atoms with E-state index in [-0.39, 0.29) is 11.7 Å². The Balaban J connectivity index is 1.89. The molecule has 1 aliphatic rings. The molecule has 0 saturated carbocycles. The number of benzene rings is 1. The molecule has 0 radical (unpaired) electrons. The zero-order chi connectivity index (χ0) is 11.4. The summed E-state index contributed by atoms with van der Waals surface area (Å²) in [7, 11) is 0. The van der Waals surface area contributed by atoms with Gasteiger partial charge in [0.1, 0.15) is 12.1 Å². The summed E-state index contributed by atoms with van der Waals surface area (Å²) in [5.41, 5.74) is 1.00. The molecular weight excluding hydrogens is 205 g/mol. The average Bonchev–Trinajstić information content (AvgIpc) is 2.30. The Morgan fingerprint density at radius 3 is 2.75 bits per heavy atom. The van der Waals surface area contributed by atoms with Crippen molar-refractivity contribution >= 4 is 6.29 Å². The Morgan fingerprint density at radius 2 is 2.12 bits per heavy atom. The van der Waals surface area contributed by atoms with Crippen molar-refractivity contribution in [3.63, 3.8) is 0 Å². The summed E-state index contributed by atoms with van der Waals surface area (Å²) in [5.74, 6) is 0.0454. The molecule has 2 nitrogen and oxygen atoms in total. The van der Waals surface area contributed by atoms with Gasteiger partial charge < -0.3 is 4.79 Å². The molecule has 1 aromatic carbocycles. The van der Waals surface area contributed by atoms with Gasteiger partial charge in [0.25, 0.3) is 0 Å². The van der Waals surface area contributed by atoms with Gasteiger partial charge in [-0.25, -0.2) is 4.39 Å². The highest BCUT2D eigenvalue weighted by atomic mass is 19.1. The Morgan fingerprint density at radius 1 is 1.38 bits per heavy atom. The monoisotopic (exact) mass is 221 g/mol. The highest BCUT2D eigenvalue weighted by molar-refractivity contribution is 5.53. The molecule has 1 aliphatic heterocycles. The summed E-state index contributed by atoms with van der Waals surface area (Å²) in [6, 6.07) is 6.71. The van der Waals surface area contributed by atoms with E-state index >= 15 is 0 Å². The molecule has 0 atom stereocenters. The molecule has 0 spiro atoms. The maximum Gasteiger partial charge on any atom is 0.123 e. The van der Waals surface area contributed by atoms with Crippen LogP contribution in [-0.4, -0.2) is 24.3 Å². The second-order valence-electron chi connectivity index (χ2n) is 4.38. The lowest BCUT2D eigenvalue weighted by atomic mass is 9.98. The van der Waals surface area contributed by atoms with Crippen molar-refractivity contribution in [2.24, 2.45) is 5.92 Å². The highest BCUT2D eigenvalue weighted by Gasteiger charge is 2.18. The van der Waals surface area contributed by atoms with Crippen LogP contribution in [0.2, 0.25) is 0 Å². The van der Waals surface area contributed by atoms with E-state index in [1.54, 1.807) is 12.1 Å². The Hall–Kier alpha value is -1.22. The van der Waals surface area contributed by atoms with E-state index in [9.17, 15) is 9.18 Å². The summed E-state index contributed by atoms with van der Waals surface area (Å²) in [6.07, 6.45) is 2.91. The van der Waals surface area contributed by atoms with E-state index in [2.05, 4.69) is 4.90 Å². The van der Waals surface area contributed by atoms with Gasteiger partial charge >= 0.3 is 0 Å². The van der Waals surface area contributed by atoms with Crippen molar-refractivity contribution in [2.75, 3.05) is 13.1 Å². The largest absolute Gasteiger partial charge is 0.303 e. The highest BCUT2D eigenvalue weighted by Crippen LogP contribution is 2.17. The molecular formula is C13H16FNO. The van der Waals surface area contributed by atoms with Crippen molar-refractivity contribution in [2.45, 2.75) is 19.4 Å². The predicted molar refractivity (Wildman–Crippen MR) is 60.5 cm³/mol. The first kappa shape index (κ1) is 11.3. The third-order valence-corrected chi connectivity index (χ3v) is 3.12. The van der Waals surface area contributed by atoms with Crippen LogP contribution in [0.15, 0.2) is 24.3 Å². The van der Waals surface area contributed by atoms with Gasteiger partial charge in [0.05, 0.1) is 0 Å². The van der Waals surface area contributed by atoms with Crippen molar-refractivity contribution < 1.29 is 9.18 Å². The van der Waals surface area contributed by atoms with Crippen LogP contribution in [0.3, 0.4) is 0 Å². The second kappa shape index (κ2) is 5.21. The third-order valence-electron chi connectivity index (χ3n) is 3.12. The zero-order valence-corrected chi connectivity index (χ0v) is 9.23. The second-order valence-corrected chi connectivity index (χ2v) is 4.38. The molecule has 0 bridgehead atoms. The molecule has 1 heterocycles. The molecule has 86 valence electrons. The summed E-state index contributed by atoms with van der Waals surface area (Å²) < 4.78 is 13.0. The average molecular weight is 221 g/mol. The third kappa shape index (κ3) is 2.89. The van der Waals surface area contributed by atoms with Crippen LogP contribution >= 0.6 is 0 Å². The molecule has 3 heteroatoms. The predicted octanol–water partition coefficient (Wildman–Crippen LogP) is 2.24. The number of rotatable bonds is 3. The SMILES string of the molecule is O=CC1CCN(Cc2cccc(F)c2)CC1. The smallest absolute Gasteiger partial charge is 0.123 e. The van der Waals surface area contributed by atoms with Crippen molar-refractivity contribution in [3.05, 3.63) is 35.6 Å². The molecule has 0 aromatic heterocycles. The summed E-state index contributed by atoms with van der Waals surface area (Å²) >= 11 is 0. The molecule has 0 unspecified atom stereocenters. The number of hydrogen-bond donors (Lipinski definition) is 0. The van der Waals surface area contributed by atoms with Crippen LogP contribution < -0.4 is 0 Å². The molecule has 0 N–H and O–H groups in total. The summed E-state index contributed by atoms with van der Waals surface area (Å²) in [5, 5.41) is 0. The van der Waals surface area contributed by atoms with E-state index in [0.29, 0.717) is 0 Å². The first-order valence-electron chi connectivity index (χ1n) is 5.70. The lowest BCUT2D eigenvalue weighted by Crippen LogP contribution is -2.33. The van der Waals surface area contributed by atoms with Gasteiger partial charge in [-0.15, -0.1) is 0 Å². The van der Waals surface area contributed by atoms with Gasteiger partial charge in [0, 0.05) is 12.5 Å². The van der Waals surface area contributed by atoms with Gasteiger partial charge in [-0.2, -0.15) is 0 Å². The molecule has 0 aliphatic carbocycles. The minimum Gasteiger partial charge on any atom is -0.303 e. The quantitative estimate of drug-likeness (QED) is 0.729. The van der Waals surface area contributed by atoms with Crippen LogP contribution in [0.5, 0.6) is 0 Å². The number of carbonyl (C=O) groups excluding carboxylic acids is 1. The van der Waals surface area contributed by atoms with E-state index < -0.39 is 0 Å². The standard InChI is InChI=1S/C13H16FNO/c14-13-3-1-2-12(8-13)9-15-6-4-11(10-16)5-7-15/h1-3,8,10-11H,4-7,9H2. The Bertz CT molecular complexity index is 359. The van der Waals surface area contributed by atoms with Crippen molar-refractivity contribution in [1.82, 2.24) is 4.90 Å². The molecule has 0 amide bonds. The van der Waals surface area contributed by atoms with Crippen molar-refractivity contribution in [3.8, 4) is 0 Å². The first-order valence-corrected chi connectivity index (χ1v) is 5.70. The number of aldehydes is 1. The number of likely N-dealkylation sites (tertiary alicyclic amines) is 1. The van der Waals surface area contributed by atoms with E-state index in [1.807, 2.05) is 6.07 Å². The number of hydrogen-bond acceptors (Lipinski definition) is 2. The first-order chi connectivity index (χ1) is 7.78. The minimum absolute atomic E-state index is 0.180. The minimum atomic E-state index is -0.180. The maximum absolute atomic E-state index is 13.0. The lowest BCUT2D eigenvalue weighted by molar-refractivity contribution is -0.112. The summed E-state index contributed by atoms with van der Waals surface area (Å²) in [6.45, 7) is 2.64. The van der Waals surface area contributed by atoms with E-state index in [4.69, 9.17) is 0 Å². The van der Waals surface area contributed by atoms with Gasteiger partial charge in [-0.1, -0.05) is 12.1 Å². The van der Waals surface area contributed by atoms with Crippen LogP contribution in [0.25, 0.3) is 0 Å². The Kier molecular flexibility index (Phi) is 3.67. The number of piperidine rings is 1. The van der Waals surface area contributed by atoms with Crippen LogP contribution in [0, 0.1) is 11.7 Å². The van der Waals surface area contributed by atoms with Crippen molar-refractivity contribution in [1.29, 1.82) is 0 Å². The lowest BCUT2D eigenvalue weighted by Gasteiger charge is -2.29. The zero-order valence-electron chi connectivity index (χ0n) is 9.23. The van der Waals surface area contributed by atoms with Gasteiger partial charge in [-0.3, -0.25) is 4.90 Å². The van der Waals surface area contributed by atoms with E-state index in [1.165, 1.54) is 6.07 Å². The molecule has 1 fully saturated rings. The fraction of sp³-hybridized carbons (Fsp3) is 0.462. The van der Waals surface area contributed by atoms with Crippen LogP contribution in [0.4, 0.5) is 4.39 Å². The number of nitrogens with zero attached hydrogens (tertiary/aromatic N) is 1. The topological polar surface area (TPSA) is 20.3 Å². The molecule has 1 aromatic rings. The molecule has 16 heavy (non-hydrogen) atoms. The maximum atomic E-state index is 13.0. The van der Waals surface area contributed by atoms with Crippen LogP contribution in [-0.2, 0) is 11.3 Å². The Labute approximate surface area is 95.1 Å². The van der Waals surface area contributed by atoms with Gasteiger partial charge in [0.2, 0.25) is 0 Å². The fourth-order valence-electron chi connectivity index (χ4n) is 2.14. The number of halogens is 1. The molecule has 2 rings (SSSR count). The van der Waals surface area contributed by atoms with Gasteiger partial charge in [-0.05, 0) is 43.6 Å². The van der Waals surface area contributed by atoms with E-state index in [0.717, 1.165) is 44.3 Å². The van der Waals surface area contributed by atoms with Crippen LogP contribution in [0.1, 0.15) is 18.4 Å².